The van der Waals surface area contributed by atoms with Gasteiger partial charge in [-0.3, -0.25) is 9.82 Å². The molecule has 0 spiro atoms. The minimum absolute atomic E-state index is 0.582. The van der Waals surface area contributed by atoms with Gasteiger partial charge in [0.15, 0.2) is 0 Å². The van der Waals surface area contributed by atoms with Gasteiger partial charge in [-0.1, -0.05) is 37.6 Å². The average molecular weight is 393 g/mol. The molecule has 3 rings (SSSR count). The van der Waals surface area contributed by atoms with E-state index in [-0.39, 0.29) is 0 Å². The molecule has 142 valence electrons. The van der Waals surface area contributed by atoms with Gasteiger partial charge in [-0.2, -0.15) is 5.10 Å². The molecule has 1 aromatic heterocycles. The molecule has 6 heteroatoms. The molecule has 1 heterocycles. The van der Waals surface area contributed by atoms with Crippen LogP contribution >= 0.6 is 23.7 Å². The Hall–Kier alpha value is -1.01. The zero-order valence-electron chi connectivity index (χ0n) is 15.7. The zero-order valence-corrected chi connectivity index (χ0v) is 17.2. The van der Waals surface area contributed by atoms with Gasteiger partial charge in [0.05, 0.1) is 5.69 Å². The van der Waals surface area contributed by atoms with E-state index in [4.69, 9.17) is 11.6 Å². The predicted octanol–water partition coefficient (Wildman–Crippen LogP) is 5.64. The number of hydrogen-bond acceptors (Lipinski definition) is 4. The van der Waals surface area contributed by atoms with Crippen molar-refractivity contribution >= 4 is 23.7 Å². The Morgan fingerprint density at radius 2 is 2.04 bits per heavy atom. The summed E-state index contributed by atoms with van der Waals surface area (Å²) in [5.41, 5.74) is 3.32. The molecule has 26 heavy (non-hydrogen) atoms. The maximum absolute atomic E-state index is 6.11. The van der Waals surface area contributed by atoms with E-state index < -0.39 is 0 Å². The molecule has 0 saturated heterocycles. The maximum atomic E-state index is 6.11. The first-order chi connectivity index (χ1) is 12.7. The van der Waals surface area contributed by atoms with Crippen LogP contribution in [-0.4, -0.2) is 33.6 Å². The lowest BCUT2D eigenvalue weighted by molar-refractivity contribution is 0.260. The fraction of sp³-hybridized carbons (Fsp3) is 0.550. The van der Waals surface area contributed by atoms with Crippen molar-refractivity contribution in [2.45, 2.75) is 57.9 Å². The molecular weight excluding hydrogens is 364 g/mol. The Balaban J connectivity index is 1.56. The first-order valence-corrected chi connectivity index (χ1v) is 10.8. The van der Waals surface area contributed by atoms with E-state index >= 15 is 0 Å². The normalized spacial score (nSPS) is 20.6. The lowest BCUT2D eigenvalue weighted by atomic mass is 9.84. The van der Waals surface area contributed by atoms with Crippen LogP contribution < -0.4 is 4.72 Å². The summed E-state index contributed by atoms with van der Waals surface area (Å²) in [4.78, 5) is 0. The highest BCUT2D eigenvalue weighted by Gasteiger charge is 2.27. The summed E-state index contributed by atoms with van der Waals surface area (Å²) in [5.74, 6) is 0.582. The zero-order chi connectivity index (χ0) is 18.4. The summed E-state index contributed by atoms with van der Waals surface area (Å²) in [5, 5.41) is 8.54. The summed E-state index contributed by atoms with van der Waals surface area (Å²) in [6.07, 6.45) is 6.08. The summed E-state index contributed by atoms with van der Waals surface area (Å²) >= 11 is 7.91. The topological polar surface area (TPSA) is 44.0 Å². The molecule has 0 bridgehead atoms. The molecule has 0 aliphatic heterocycles. The minimum atomic E-state index is 0.582. The van der Waals surface area contributed by atoms with E-state index in [2.05, 4.69) is 45.2 Å². The molecule has 1 aromatic carbocycles. The van der Waals surface area contributed by atoms with Crippen LogP contribution in [0.1, 0.15) is 57.6 Å². The second-order valence-corrected chi connectivity index (χ2v) is 8.32. The van der Waals surface area contributed by atoms with Gasteiger partial charge in [0.25, 0.3) is 0 Å². The number of nitrogens with one attached hydrogen (secondary N) is 2. The lowest BCUT2D eigenvalue weighted by Gasteiger charge is -2.35. The SMILES string of the molecule is CCCNSN(CC)C1CCC(c2cc(-c3cccc(Cl)c3)n[nH]2)CC1. The van der Waals surface area contributed by atoms with Gasteiger partial charge in [0.2, 0.25) is 0 Å². The number of rotatable bonds is 8. The van der Waals surface area contributed by atoms with Gasteiger partial charge in [0, 0.05) is 53.5 Å². The minimum Gasteiger partial charge on any atom is -0.282 e. The van der Waals surface area contributed by atoms with Crippen LogP contribution in [0.4, 0.5) is 0 Å². The molecule has 0 amide bonds. The third kappa shape index (κ3) is 5.03. The highest BCUT2D eigenvalue weighted by Crippen LogP contribution is 2.36. The largest absolute Gasteiger partial charge is 0.282 e. The molecular formula is C20H29ClN4S. The molecule has 1 aliphatic rings. The Kier molecular flexibility index (Phi) is 7.43. The molecule has 2 aromatic rings. The molecule has 2 N–H and O–H groups in total. The fourth-order valence-corrected chi connectivity index (χ4v) is 4.78. The summed E-state index contributed by atoms with van der Waals surface area (Å²) in [6.45, 7) is 6.60. The number of halogens is 1. The fourth-order valence-electron chi connectivity index (χ4n) is 3.64. The quantitative estimate of drug-likeness (QED) is 0.450. The number of H-pyrrole nitrogens is 1. The molecule has 0 radical (unpaired) electrons. The van der Waals surface area contributed by atoms with Crippen molar-refractivity contribution < 1.29 is 0 Å². The predicted molar refractivity (Wildman–Crippen MR) is 112 cm³/mol. The molecule has 1 saturated carbocycles. The van der Waals surface area contributed by atoms with Crippen LogP contribution in [0.15, 0.2) is 30.3 Å². The van der Waals surface area contributed by atoms with E-state index in [1.54, 1.807) is 12.1 Å². The van der Waals surface area contributed by atoms with Crippen LogP contribution in [0, 0.1) is 0 Å². The third-order valence-corrected chi connectivity index (χ3v) is 6.47. The van der Waals surface area contributed by atoms with Crippen molar-refractivity contribution in [3.8, 4) is 11.3 Å². The van der Waals surface area contributed by atoms with E-state index in [0.29, 0.717) is 12.0 Å². The van der Waals surface area contributed by atoms with Gasteiger partial charge in [-0.05, 0) is 50.3 Å². The van der Waals surface area contributed by atoms with Gasteiger partial charge >= 0.3 is 0 Å². The first kappa shape index (κ1) is 19.7. The number of aromatic nitrogens is 2. The van der Waals surface area contributed by atoms with Gasteiger partial charge < -0.3 is 0 Å². The Morgan fingerprint density at radius 3 is 2.73 bits per heavy atom. The highest BCUT2D eigenvalue weighted by molar-refractivity contribution is 7.95. The number of hydrogen-bond donors (Lipinski definition) is 2. The van der Waals surface area contributed by atoms with Crippen molar-refractivity contribution in [1.82, 2.24) is 19.2 Å². The van der Waals surface area contributed by atoms with Gasteiger partial charge in [-0.15, -0.1) is 0 Å². The van der Waals surface area contributed by atoms with Crippen LogP contribution in [0.5, 0.6) is 0 Å². The van der Waals surface area contributed by atoms with E-state index in [0.717, 1.165) is 29.4 Å². The molecule has 0 atom stereocenters. The molecule has 1 aliphatic carbocycles. The smallest absolute Gasteiger partial charge is 0.0924 e. The van der Waals surface area contributed by atoms with Crippen molar-refractivity contribution in [2.24, 2.45) is 0 Å². The Bertz CT molecular complexity index is 682. The summed E-state index contributed by atoms with van der Waals surface area (Å²) in [6, 6.07) is 10.8. The Morgan fingerprint density at radius 1 is 1.23 bits per heavy atom. The van der Waals surface area contributed by atoms with E-state index in [1.165, 1.54) is 37.8 Å². The van der Waals surface area contributed by atoms with Crippen molar-refractivity contribution in [1.29, 1.82) is 0 Å². The van der Waals surface area contributed by atoms with Crippen molar-refractivity contribution in [2.75, 3.05) is 13.1 Å². The monoisotopic (exact) mass is 392 g/mol. The number of nitrogens with zero attached hydrogens (tertiary/aromatic N) is 2. The summed E-state index contributed by atoms with van der Waals surface area (Å²) in [7, 11) is 0. The maximum Gasteiger partial charge on any atom is 0.0924 e. The van der Waals surface area contributed by atoms with Crippen LogP contribution in [0.3, 0.4) is 0 Å². The lowest BCUT2D eigenvalue weighted by Crippen LogP contribution is -2.35. The third-order valence-electron chi connectivity index (χ3n) is 5.11. The van der Waals surface area contributed by atoms with Crippen LogP contribution in [0.25, 0.3) is 11.3 Å². The number of aromatic amines is 1. The van der Waals surface area contributed by atoms with Crippen LogP contribution in [0.2, 0.25) is 5.02 Å². The second-order valence-electron chi connectivity index (χ2n) is 6.94. The number of benzene rings is 1. The molecule has 4 nitrogen and oxygen atoms in total. The Labute approximate surface area is 166 Å². The average Bonchev–Trinajstić information content (AvgIpc) is 3.16. The van der Waals surface area contributed by atoms with Gasteiger partial charge in [0.1, 0.15) is 0 Å². The standard InChI is InChI=1S/C20H29ClN4S/c1-3-12-22-26-25(4-2)18-10-8-15(9-11-18)19-14-20(24-23-19)16-6-5-7-17(21)13-16/h5-7,13-15,18,22H,3-4,8-12H2,1-2H3,(H,23,24). The van der Waals surface area contributed by atoms with E-state index in [1.807, 2.05) is 18.2 Å². The first-order valence-electron chi connectivity index (χ1n) is 9.69. The van der Waals surface area contributed by atoms with Crippen molar-refractivity contribution in [3.63, 3.8) is 0 Å². The van der Waals surface area contributed by atoms with Crippen molar-refractivity contribution in [3.05, 3.63) is 41.0 Å². The second kappa shape index (κ2) is 9.79. The molecule has 1 fully saturated rings. The summed E-state index contributed by atoms with van der Waals surface area (Å²) < 4.78 is 5.98. The van der Waals surface area contributed by atoms with Crippen LogP contribution in [-0.2, 0) is 0 Å². The van der Waals surface area contributed by atoms with Gasteiger partial charge in [-0.25, -0.2) is 4.31 Å². The van der Waals surface area contributed by atoms with E-state index in [9.17, 15) is 0 Å². The molecule has 0 unspecified atom stereocenters. The highest BCUT2D eigenvalue weighted by atomic mass is 35.5.